The van der Waals surface area contributed by atoms with Crippen LogP contribution in [0.4, 0.5) is 11.5 Å². The van der Waals surface area contributed by atoms with Gasteiger partial charge in [-0.1, -0.05) is 0 Å². The molecule has 0 fully saturated rings. The SMILES string of the molecule is CCn1cc(Nc2ncnc(OC)c2C)cn1. The second kappa shape index (κ2) is 4.82. The van der Waals surface area contributed by atoms with Gasteiger partial charge in [-0.2, -0.15) is 5.10 Å². The highest BCUT2D eigenvalue weighted by molar-refractivity contribution is 5.59. The van der Waals surface area contributed by atoms with Crippen LogP contribution in [0.15, 0.2) is 18.7 Å². The van der Waals surface area contributed by atoms with E-state index in [1.54, 1.807) is 13.3 Å². The molecule has 0 aliphatic rings. The molecule has 2 aromatic rings. The van der Waals surface area contributed by atoms with Crippen LogP contribution in [0.3, 0.4) is 0 Å². The van der Waals surface area contributed by atoms with Gasteiger partial charge in [-0.25, -0.2) is 9.97 Å². The van der Waals surface area contributed by atoms with Gasteiger partial charge in [-0.05, 0) is 13.8 Å². The van der Waals surface area contributed by atoms with Gasteiger partial charge >= 0.3 is 0 Å². The van der Waals surface area contributed by atoms with Crippen LogP contribution in [0.2, 0.25) is 0 Å². The summed E-state index contributed by atoms with van der Waals surface area (Å²) in [6.07, 6.45) is 5.16. The zero-order valence-electron chi connectivity index (χ0n) is 10.1. The monoisotopic (exact) mass is 233 g/mol. The van der Waals surface area contributed by atoms with E-state index in [1.165, 1.54) is 6.33 Å². The molecule has 0 saturated heterocycles. The lowest BCUT2D eigenvalue weighted by atomic mass is 10.3. The smallest absolute Gasteiger partial charge is 0.221 e. The summed E-state index contributed by atoms with van der Waals surface area (Å²) in [6.45, 7) is 4.79. The van der Waals surface area contributed by atoms with E-state index in [1.807, 2.05) is 24.7 Å². The Kier molecular flexibility index (Phi) is 3.22. The lowest BCUT2D eigenvalue weighted by molar-refractivity contribution is 0.394. The molecular formula is C11H15N5O. The predicted molar refractivity (Wildman–Crippen MR) is 64.5 cm³/mol. The minimum absolute atomic E-state index is 0.574. The van der Waals surface area contributed by atoms with Crippen LogP contribution >= 0.6 is 0 Å². The van der Waals surface area contributed by atoms with Crippen LogP contribution in [0.1, 0.15) is 12.5 Å². The van der Waals surface area contributed by atoms with Crippen LogP contribution in [-0.2, 0) is 6.54 Å². The van der Waals surface area contributed by atoms with E-state index in [9.17, 15) is 0 Å². The summed E-state index contributed by atoms with van der Waals surface area (Å²) in [5.74, 6) is 1.30. The zero-order chi connectivity index (χ0) is 12.3. The number of nitrogens with one attached hydrogen (secondary N) is 1. The van der Waals surface area contributed by atoms with Crippen molar-refractivity contribution in [2.75, 3.05) is 12.4 Å². The van der Waals surface area contributed by atoms with Crippen molar-refractivity contribution >= 4 is 11.5 Å². The van der Waals surface area contributed by atoms with Gasteiger partial charge in [0.15, 0.2) is 0 Å². The molecule has 2 rings (SSSR count). The maximum atomic E-state index is 5.14. The fourth-order valence-corrected chi connectivity index (χ4v) is 1.50. The molecule has 6 heteroatoms. The Morgan fingerprint density at radius 2 is 2.24 bits per heavy atom. The van der Waals surface area contributed by atoms with E-state index < -0.39 is 0 Å². The number of hydrogen-bond donors (Lipinski definition) is 1. The molecule has 90 valence electrons. The molecule has 0 aromatic carbocycles. The number of nitrogens with zero attached hydrogens (tertiary/aromatic N) is 4. The summed E-state index contributed by atoms with van der Waals surface area (Å²) in [7, 11) is 1.59. The van der Waals surface area contributed by atoms with Crippen molar-refractivity contribution < 1.29 is 4.74 Å². The number of aromatic nitrogens is 4. The molecular weight excluding hydrogens is 218 g/mol. The van der Waals surface area contributed by atoms with Crippen molar-refractivity contribution in [1.82, 2.24) is 19.7 Å². The Labute approximate surface area is 99.7 Å². The first kappa shape index (κ1) is 11.4. The van der Waals surface area contributed by atoms with Crippen molar-refractivity contribution in [3.05, 3.63) is 24.3 Å². The molecule has 0 radical (unpaired) electrons. The van der Waals surface area contributed by atoms with Gasteiger partial charge in [0.25, 0.3) is 0 Å². The highest BCUT2D eigenvalue weighted by Gasteiger charge is 2.07. The van der Waals surface area contributed by atoms with Crippen LogP contribution in [0, 0.1) is 6.92 Å². The highest BCUT2D eigenvalue weighted by atomic mass is 16.5. The number of ether oxygens (including phenoxy) is 1. The lowest BCUT2D eigenvalue weighted by Crippen LogP contribution is -2.00. The molecule has 2 aromatic heterocycles. The van der Waals surface area contributed by atoms with E-state index in [0.29, 0.717) is 5.88 Å². The van der Waals surface area contributed by atoms with Crippen LogP contribution in [-0.4, -0.2) is 26.9 Å². The van der Waals surface area contributed by atoms with Gasteiger partial charge in [0.1, 0.15) is 12.1 Å². The van der Waals surface area contributed by atoms with Crippen molar-refractivity contribution in [2.24, 2.45) is 0 Å². The highest BCUT2D eigenvalue weighted by Crippen LogP contribution is 2.22. The van der Waals surface area contributed by atoms with Gasteiger partial charge in [0, 0.05) is 12.7 Å². The van der Waals surface area contributed by atoms with E-state index in [-0.39, 0.29) is 0 Å². The number of anilines is 2. The van der Waals surface area contributed by atoms with Crippen molar-refractivity contribution in [1.29, 1.82) is 0 Å². The van der Waals surface area contributed by atoms with E-state index >= 15 is 0 Å². The molecule has 17 heavy (non-hydrogen) atoms. The average molecular weight is 233 g/mol. The predicted octanol–water partition coefficient (Wildman–Crippen LogP) is 1.75. The van der Waals surface area contributed by atoms with Crippen LogP contribution in [0.25, 0.3) is 0 Å². The third-order valence-electron chi connectivity index (χ3n) is 2.45. The Hall–Kier alpha value is -2.11. The molecule has 0 aliphatic heterocycles. The summed E-state index contributed by atoms with van der Waals surface area (Å²) in [5.41, 5.74) is 1.77. The number of rotatable bonds is 4. The summed E-state index contributed by atoms with van der Waals surface area (Å²) in [4.78, 5) is 8.20. The van der Waals surface area contributed by atoms with Crippen molar-refractivity contribution in [3.63, 3.8) is 0 Å². The first-order valence-electron chi connectivity index (χ1n) is 5.39. The normalized spacial score (nSPS) is 10.3. The molecule has 0 spiro atoms. The Balaban J connectivity index is 2.23. The van der Waals surface area contributed by atoms with Gasteiger partial charge in [-0.15, -0.1) is 0 Å². The fourth-order valence-electron chi connectivity index (χ4n) is 1.50. The minimum Gasteiger partial charge on any atom is -0.481 e. The molecule has 0 saturated carbocycles. The van der Waals surface area contributed by atoms with E-state index in [2.05, 4.69) is 20.4 Å². The summed E-state index contributed by atoms with van der Waals surface area (Å²) in [5, 5.41) is 7.37. The Bertz CT molecular complexity index is 508. The van der Waals surface area contributed by atoms with Gasteiger partial charge in [0.05, 0.1) is 24.6 Å². The lowest BCUT2D eigenvalue weighted by Gasteiger charge is -2.08. The van der Waals surface area contributed by atoms with E-state index in [0.717, 1.165) is 23.6 Å². The minimum atomic E-state index is 0.574. The summed E-state index contributed by atoms with van der Waals surface area (Å²) < 4.78 is 6.98. The van der Waals surface area contributed by atoms with Crippen molar-refractivity contribution in [3.8, 4) is 5.88 Å². The molecule has 0 amide bonds. The third-order valence-corrected chi connectivity index (χ3v) is 2.45. The maximum absolute atomic E-state index is 5.14. The standard InChI is InChI=1S/C11H15N5O/c1-4-16-6-9(5-14-16)15-10-8(2)11(17-3)13-7-12-10/h5-7H,4H2,1-3H3,(H,12,13,15). The second-order valence-corrected chi connectivity index (χ2v) is 3.57. The quantitative estimate of drug-likeness (QED) is 0.871. The zero-order valence-corrected chi connectivity index (χ0v) is 10.1. The molecule has 1 N–H and O–H groups in total. The Morgan fingerprint density at radius 3 is 2.88 bits per heavy atom. The summed E-state index contributed by atoms with van der Waals surface area (Å²) in [6, 6.07) is 0. The van der Waals surface area contributed by atoms with Gasteiger partial charge in [0.2, 0.25) is 5.88 Å². The topological polar surface area (TPSA) is 64.9 Å². The molecule has 0 bridgehead atoms. The van der Waals surface area contributed by atoms with Crippen LogP contribution < -0.4 is 10.1 Å². The number of methoxy groups -OCH3 is 1. The van der Waals surface area contributed by atoms with Crippen LogP contribution in [0.5, 0.6) is 5.88 Å². The number of aryl methyl sites for hydroxylation is 1. The molecule has 0 unspecified atom stereocenters. The van der Waals surface area contributed by atoms with Crippen molar-refractivity contribution in [2.45, 2.75) is 20.4 Å². The average Bonchev–Trinajstić information content (AvgIpc) is 2.79. The Morgan fingerprint density at radius 1 is 1.41 bits per heavy atom. The first-order chi connectivity index (χ1) is 8.24. The first-order valence-corrected chi connectivity index (χ1v) is 5.39. The number of hydrogen-bond acceptors (Lipinski definition) is 5. The molecule has 2 heterocycles. The molecule has 0 atom stereocenters. The summed E-state index contributed by atoms with van der Waals surface area (Å²) >= 11 is 0. The van der Waals surface area contributed by atoms with Gasteiger partial charge < -0.3 is 10.1 Å². The second-order valence-electron chi connectivity index (χ2n) is 3.57. The van der Waals surface area contributed by atoms with E-state index in [4.69, 9.17) is 4.74 Å². The fraction of sp³-hybridized carbons (Fsp3) is 0.364. The maximum Gasteiger partial charge on any atom is 0.221 e. The molecule has 0 aliphatic carbocycles. The van der Waals surface area contributed by atoms with Gasteiger partial charge in [-0.3, -0.25) is 4.68 Å². The largest absolute Gasteiger partial charge is 0.481 e. The third kappa shape index (κ3) is 2.35. The molecule has 6 nitrogen and oxygen atoms in total.